The van der Waals surface area contributed by atoms with E-state index in [0.717, 1.165) is 24.7 Å². The maximum Gasteiger partial charge on any atom is 0.157 e. The largest absolute Gasteiger partial charge is 0.393 e. The van der Waals surface area contributed by atoms with E-state index in [1.165, 1.54) is 25.7 Å². The van der Waals surface area contributed by atoms with E-state index in [4.69, 9.17) is 9.47 Å². The van der Waals surface area contributed by atoms with Crippen molar-refractivity contribution in [2.24, 2.45) is 17.8 Å². The maximum atomic E-state index is 10.4. The molecule has 3 heteroatoms. The van der Waals surface area contributed by atoms with Crippen LogP contribution in [0, 0.1) is 17.8 Å². The number of ether oxygens (including phenoxy) is 2. The minimum absolute atomic E-state index is 0.0666. The second kappa shape index (κ2) is 6.88. The Kier molecular flexibility index (Phi) is 5.46. The molecule has 1 heterocycles. The summed E-state index contributed by atoms with van der Waals surface area (Å²) in [5.41, 5.74) is 0. The summed E-state index contributed by atoms with van der Waals surface area (Å²) < 4.78 is 10.9. The predicted molar refractivity (Wildman–Crippen MR) is 71.2 cm³/mol. The summed E-state index contributed by atoms with van der Waals surface area (Å²) in [7, 11) is 0. The lowest BCUT2D eigenvalue weighted by Crippen LogP contribution is -2.25. The third-order valence-electron chi connectivity index (χ3n) is 4.83. The first-order valence-corrected chi connectivity index (χ1v) is 7.65. The van der Waals surface area contributed by atoms with Crippen LogP contribution in [0.2, 0.25) is 0 Å². The van der Waals surface area contributed by atoms with Gasteiger partial charge in [0.2, 0.25) is 0 Å². The highest BCUT2D eigenvalue weighted by Gasteiger charge is 2.36. The van der Waals surface area contributed by atoms with Crippen molar-refractivity contribution in [3.63, 3.8) is 0 Å². The Labute approximate surface area is 111 Å². The highest BCUT2D eigenvalue weighted by Crippen LogP contribution is 2.42. The average Bonchev–Trinajstić information content (AvgIpc) is 3.04. The fourth-order valence-corrected chi connectivity index (χ4v) is 3.65. The third-order valence-corrected chi connectivity index (χ3v) is 4.83. The molecule has 0 radical (unpaired) electrons. The van der Waals surface area contributed by atoms with Crippen LogP contribution in [0.15, 0.2) is 0 Å². The molecular weight excluding hydrogens is 228 g/mol. The van der Waals surface area contributed by atoms with Gasteiger partial charge in [0.25, 0.3) is 0 Å². The van der Waals surface area contributed by atoms with Gasteiger partial charge in [-0.2, -0.15) is 0 Å². The molecule has 1 saturated carbocycles. The first-order valence-electron chi connectivity index (χ1n) is 7.65. The average molecular weight is 256 g/mol. The van der Waals surface area contributed by atoms with E-state index in [-0.39, 0.29) is 12.4 Å². The van der Waals surface area contributed by atoms with Crippen molar-refractivity contribution >= 4 is 0 Å². The fraction of sp³-hybridized carbons (Fsp3) is 1.00. The Morgan fingerprint density at radius 1 is 1.11 bits per heavy atom. The standard InChI is InChI=1S/C15H28O3/c1-3-11-9-12(4-2)13(10-11)14(16)5-6-15-17-7-8-18-15/h11-16H,3-10H2,1-2H3. The monoisotopic (exact) mass is 256 g/mol. The number of aliphatic hydroxyl groups excluding tert-OH is 1. The molecule has 4 unspecified atom stereocenters. The van der Waals surface area contributed by atoms with Gasteiger partial charge in [-0.05, 0) is 37.0 Å². The van der Waals surface area contributed by atoms with Crippen LogP contribution >= 0.6 is 0 Å². The van der Waals surface area contributed by atoms with Crippen LogP contribution in [0.1, 0.15) is 52.4 Å². The summed E-state index contributed by atoms with van der Waals surface area (Å²) in [5, 5.41) is 10.4. The molecule has 0 aromatic carbocycles. The zero-order valence-electron chi connectivity index (χ0n) is 11.8. The Bertz CT molecular complexity index is 238. The SMILES string of the molecule is CCC1CC(CC)C(C(O)CCC2OCCO2)C1. The smallest absolute Gasteiger partial charge is 0.157 e. The summed E-state index contributed by atoms with van der Waals surface area (Å²) in [6.07, 6.45) is 6.41. The minimum atomic E-state index is -0.167. The third kappa shape index (κ3) is 3.46. The van der Waals surface area contributed by atoms with Crippen molar-refractivity contribution in [1.82, 2.24) is 0 Å². The molecule has 0 aromatic heterocycles. The van der Waals surface area contributed by atoms with Gasteiger partial charge in [0, 0.05) is 6.42 Å². The zero-order chi connectivity index (χ0) is 13.0. The van der Waals surface area contributed by atoms with Gasteiger partial charge in [-0.3, -0.25) is 0 Å². The molecule has 1 aliphatic carbocycles. The van der Waals surface area contributed by atoms with Gasteiger partial charge in [0.15, 0.2) is 6.29 Å². The first-order chi connectivity index (χ1) is 8.74. The predicted octanol–water partition coefficient (Wildman–Crippen LogP) is 2.96. The Balaban J connectivity index is 1.77. The highest BCUT2D eigenvalue weighted by molar-refractivity contribution is 4.86. The van der Waals surface area contributed by atoms with E-state index >= 15 is 0 Å². The van der Waals surface area contributed by atoms with Crippen LogP contribution in [-0.2, 0) is 9.47 Å². The van der Waals surface area contributed by atoms with Crippen LogP contribution in [0.25, 0.3) is 0 Å². The first kappa shape index (κ1) is 14.3. The van der Waals surface area contributed by atoms with Gasteiger partial charge < -0.3 is 14.6 Å². The van der Waals surface area contributed by atoms with Crippen molar-refractivity contribution < 1.29 is 14.6 Å². The summed E-state index contributed by atoms with van der Waals surface area (Å²) in [6, 6.07) is 0. The topological polar surface area (TPSA) is 38.7 Å². The number of hydrogen-bond donors (Lipinski definition) is 1. The Hall–Kier alpha value is -0.120. The van der Waals surface area contributed by atoms with Crippen molar-refractivity contribution in [3.05, 3.63) is 0 Å². The molecule has 2 aliphatic rings. The zero-order valence-corrected chi connectivity index (χ0v) is 11.8. The van der Waals surface area contributed by atoms with E-state index in [1.807, 2.05) is 0 Å². The van der Waals surface area contributed by atoms with Gasteiger partial charge in [-0.1, -0.05) is 26.7 Å². The normalized spacial score (nSPS) is 35.2. The lowest BCUT2D eigenvalue weighted by atomic mass is 9.87. The lowest BCUT2D eigenvalue weighted by molar-refractivity contribution is -0.0584. The van der Waals surface area contributed by atoms with E-state index < -0.39 is 0 Å². The molecule has 1 aliphatic heterocycles. The van der Waals surface area contributed by atoms with Crippen LogP contribution in [0.3, 0.4) is 0 Å². The number of aliphatic hydroxyl groups is 1. The fourth-order valence-electron chi connectivity index (χ4n) is 3.65. The van der Waals surface area contributed by atoms with Gasteiger partial charge in [-0.15, -0.1) is 0 Å². The van der Waals surface area contributed by atoms with Gasteiger partial charge >= 0.3 is 0 Å². The Morgan fingerprint density at radius 3 is 2.44 bits per heavy atom. The Morgan fingerprint density at radius 2 is 1.83 bits per heavy atom. The summed E-state index contributed by atoms with van der Waals surface area (Å²) in [4.78, 5) is 0. The van der Waals surface area contributed by atoms with Crippen LogP contribution in [0.5, 0.6) is 0 Å². The molecule has 0 spiro atoms. The molecule has 0 bridgehead atoms. The quantitative estimate of drug-likeness (QED) is 0.794. The van der Waals surface area contributed by atoms with E-state index in [9.17, 15) is 5.11 Å². The van der Waals surface area contributed by atoms with E-state index in [2.05, 4.69) is 13.8 Å². The summed E-state index contributed by atoms with van der Waals surface area (Å²) in [5.74, 6) is 2.05. The number of hydrogen-bond acceptors (Lipinski definition) is 3. The van der Waals surface area contributed by atoms with Crippen LogP contribution in [-0.4, -0.2) is 30.7 Å². The van der Waals surface area contributed by atoms with Gasteiger partial charge in [0.05, 0.1) is 19.3 Å². The second-order valence-electron chi connectivity index (χ2n) is 5.89. The molecule has 3 nitrogen and oxygen atoms in total. The molecule has 0 amide bonds. The van der Waals surface area contributed by atoms with E-state index in [0.29, 0.717) is 19.1 Å². The lowest BCUT2D eigenvalue weighted by Gasteiger charge is -2.24. The molecule has 106 valence electrons. The minimum Gasteiger partial charge on any atom is -0.393 e. The van der Waals surface area contributed by atoms with Crippen LogP contribution < -0.4 is 0 Å². The van der Waals surface area contributed by atoms with Gasteiger partial charge in [-0.25, -0.2) is 0 Å². The maximum absolute atomic E-state index is 10.4. The van der Waals surface area contributed by atoms with Crippen molar-refractivity contribution in [2.45, 2.75) is 64.8 Å². The van der Waals surface area contributed by atoms with Crippen molar-refractivity contribution in [1.29, 1.82) is 0 Å². The summed E-state index contributed by atoms with van der Waals surface area (Å²) in [6.45, 7) is 5.94. The second-order valence-corrected chi connectivity index (χ2v) is 5.89. The van der Waals surface area contributed by atoms with Gasteiger partial charge in [0.1, 0.15) is 0 Å². The molecular formula is C15H28O3. The van der Waals surface area contributed by atoms with Crippen molar-refractivity contribution in [3.8, 4) is 0 Å². The highest BCUT2D eigenvalue weighted by atomic mass is 16.7. The molecule has 4 atom stereocenters. The molecule has 0 aromatic rings. The summed E-state index contributed by atoms with van der Waals surface area (Å²) >= 11 is 0. The van der Waals surface area contributed by atoms with Crippen molar-refractivity contribution in [2.75, 3.05) is 13.2 Å². The number of rotatable bonds is 6. The molecule has 1 saturated heterocycles. The molecule has 2 fully saturated rings. The molecule has 1 N–H and O–H groups in total. The molecule has 2 rings (SSSR count). The van der Waals surface area contributed by atoms with Crippen LogP contribution in [0.4, 0.5) is 0 Å². The molecule has 18 heavy (non-hydrogen) atoms. The van der Waals surface area contributed by atoms with E-state index in [1.54, 1.807) is 0 Å².